The molecular formula is C9H12N2O. The minimum absolute atomic E-state index is 0.475. The average molecular weight is 164 g/mol. The molecule has 0 spiro atoms. The fraction of sp³-hybridized carbons (Fsp3) is 0.333. The highest BCUT2D eigenvalue weighted by Gasteiger charge is 1.97. The van der Waals surface area contributed by atoms with Crippen LogP contribution in [-0.4, -0.2) is 29.8 Å². The van der Waals surface area contributed by atoms with Gasteiger partial charge >= 0.3 is 0 Å². The van der Waals surface area contributed by atoms with Crippen molar-refractivity contribution in [1.82, 2.24) is 9.88 Å². The Labute approximate surface area is 72.0 Å². The molecule has 3 nitrogen and oxygen atoms in total. The summed E-state index contributed by atoms with van der Waals surface area (Å²) in [7, 11) is 1.91. The maximum Gasteiger partial charge on any atom is 0.133 e. The zero-order chi connectivity index (χ0) is 8.81. The highest BCUT2D eigenvalue weighted by Crippen LogP contribution is 1.99. The molecule has 0 saturated carbocycles. The zero-order valence-corrected chi connectivity index (χ0v) is 7.10. The van der Waals surface area contributed by atoms with Gasteiger partial charge in [-0.2, -0.15) is 0 Å². The largest absolute Gasteiger partial charge is 0.302 e. The van der Waals surface area contributed by atoms with E-state index in [9.17, 15) is 4.79 Å². The second-order valence-electron chi connectivity index (χ2n) is 2.72. The van der Waals surface area contributed by atoms with Gasteiger partial charge in [-0.25, -0.2) is 0 Å². The molecule has 0 fully saturated rings. The van der Waals surface area contributed by atoms with Gasteiger partial charge < -0.3 is 4.79 Å². The Morgan fingerprint density at radius 3 is 2.75 bits per heavy atom. The summed E-state index contributed by atoms with van der Waals surface area (Å²) in [5, 5.41) is 0. The van der Waals surface area contributed by atoms with E-state index in [4.69, 9.17) is 0 Å². The summed E-state index contributed by atoms with van der Waals surface area (Å²) in [6.45, 7) is 1.27. The van der Waals surface area contributed by atoms with Gasteiger partial charge in [-0.15, -0.1) is 0 Å². The molecule has 0 radical (unpaired) electrons. The highest BCUT2D eigenvalue weighted by atomic mass is 16.1. The summed E-state index contributed by atoms with van der Waals surface area (Å²) in [5.41, 5.74) is 1.18. The number of pyridine rings is 1. The van der Waals surface area contributed by atoms with Crippen molar-refractivity contribution in [2.75, 3.05) is 13.6 Å². The normalized spacial score (nSPS) is 10.2. The van der Waals surface area contributed by atoms with E-state index in [0.717, 1.165) is 12.8 Å². The maximum absolute atomic E-state index is 10.2. The predicted molar refractivity (Wildman–Crippen MR) is 46.6 cm³/mol. The number of likely N-dealkylation sites (N-methyl/N-ethyl adjacent to an activating group) is 1. The molecule has 0 atom stereocenters. The van der Waals surface area contributed by atoms with Crippen LogP contribution in [0.1, 0.15) is 5.56 Å². The van der Waals surface area contributed by atoms with Gasteiger partial charge in [0.15, 0.2) is 0 Å². The van der Waals surface area contributed by atoms with Gasteiger partial charge in [0, 0.05) is 18.9 Å². The van der Waals surface area contributed by atoms with Crippen molar-refractivity contribution >= 4 is 6.29 Å². The lowest BCUT2D eigenvalue weighted by molar-refractivity contribution is -0.108. The fourth-order valence-electron chi connectivity index (χ4n) is 0.992. The number of carbonyl (C=O) groups is 1. The Morgan fingerprint density at radius 1 is 1.50 bits per heavy atom. The minimum Gasteiger partial charge on any atom is -0.302 e. The van der Waals surface area contributed by atoms with E-state index >= 15 is 0 Å². The van der Waals surface area contributed by atoms with E-state index in [1.165, 1.54) is 5.56 Å². The topological polar surface area (TPSA) is 33.2 Å². The van der Waals surface area contributed by atoms with Gasteiger partial charge in [-0.05, 0) is 24.7 Å². The number of aromatic nitrogens is 1. The lowest BCUT2D eigenvalue weighted by atomic mass is 10.2. The third kappa shape index (κ3) is 2.80. The molecule has 12 heavy (non-hydrogen) atoms. The fourth-order valence-corrected chi connectivity index (χ4v) is 0.992. The first kappa shape index (κ1) is 8.87. The van der Waals surface area contributed by atoms with Crippen LogP contribution in [0.4, 0.5) is 0 Å². The van der Waals surface area contributed by atoms with Gasteiger partial charge in [-0.3, -0.25) is 9.88 Å². The van der Waals surface area contributed by atoms with Crippen LogP contribution in [-0.2, 0) is 11.3 Å². The van der Waals surface area contributed by atoms with Crippen molar-refractivity contribution in [2.24, 2.45) is 0 Å². The van der Waals surface area contributed by atoms with Crippen LogP contribution in [0.5, 0.6) is 0 Å². The molecule has 0 aromatic carbocycles. The molecule has 0 aliphatic heterocycles. The van der Waals surface area contributed by atoms with Crippen molar-refractivity contribution in [2.45, 2.75) is 6.54 Å². The summed E-state index contributed by atoms with van der Waals surface area (Å²) >= 11 is 0. The lowest BCUT2D eigenvalue weighted by Gasteiger charge is -2.11. The number of hydrogen-bond donors (Lipinski definition) is 0. The van der Waals surface area contributed by atoms with Gasteiger partial charge in [0.1, 0.15) is 6.29 Å². The Bertz CT molecular complexity index is 236. The molecule has 0 aliphatic carbocycles. The smallest absolute Gasteiger partial charge is 0.133 e. The second kappa shape index (κ2) is 4.62. The number of aldehydes is 1. The van der Waals surface area contributed by atoms with E-state index in [1.807, 2.05) is 24.1 Å². The van der Waals surface area contributed by atoms with Crippen LogP contribution < -0.4 is 0 Å². The first-order valence-electron chi connectivity index (χ1n) is 3.84. The zero-order valence-electron chi connectivity index (χ0n) is 7.10. The van der Waals surface area contributed by atoms with Crippen molar-refractivity contribution in [3.8, 4) is 0 Å². The predicted octanol–water partition coefficient (Wildman–Crippen LogP) is 0.712. The molecule has 0 unspecified atom stereocenters. The van der Waals surface area contributed by atoms with Gasteiger partial charge in [0.05, 0.1) is 6.54 Å². The molecule has 0 N–H and O–H groups in total. The summed E-state index contributed by atoms with van der Waals surface area (Å²) in [6, 6.07) is 3.89. The average Bonchev–Trinajstić information content (AvgIpc) is 2.06. The molecule has 1 heterocycles. The monoisotopic (exact) mass is 164 g/mol. The van der Waals surface area contributed by atoms with Gasteiger partial charge in [0.25, 0.3) is 0 Å². The molecule has 1 aromatic heterocycles. The molecule has 0 amide bonds. The SMILES string of the molecule is CN(CC=O)Cc1ccncc1. The number of hydrogen-bond acceptors (Lipinski definition) is 3. The molecular weight excluding hydrogens is 152 g/mol. The summed E-state index contributed by atoms with van der Waals surface area (Å²) in [4.78, 5) is 16.0. The molecule has 0 bridgehead atoms. The van der Waals surface area contributed by atoms with E-state index in [1.54, 1.807) is 12.4 Å². The molecule has 1 rings (SSSR count). The molecule has 3 heteroatoms. The maximum atomic E-state index is 10.2. The number of rotatable bonds is 4. The number of carbonyl (C=O) groups excluding carboxylic acids is 1. The number of nitrogens with zero attached hydrogens (tertiary/aromatic N) is 2. The Balaban J connectivity index is 2.46. The highest BCUT2D eigenvalue weighted by molar-refractivity contribution is 5.51. The third-order valence-corrected chi connectivity index (χ3v) is 1.59. The first-order chi connectivity index (χ1) is 5.83. The van der Waals surface area contributed by atoms with Crippen LogP contribution in [0.15, 0.2) is 24.5 Å². The summed E-state index contributed by atoms with van der Waals surface area (Å²) in [6.07, 6.45) is 4.41. The van der Waals surface area contributed by atoms with Crippen LogP contribution in [0.2, 0.25) is 0 Å². The van der Waals surface area contributed by atoms with Crippen LogP contribution in [0.25, 0.3) is 0 Å². The first-order valence-corrected chi connectivity index (χ1v) is 3.84. The van der Waals surface area contributed by atoms with Crippen LogP contribution in [0, 0.1) is 0 Å². The van der Waals surface area contributed by atoms with E-state index < -0.39 is 0 Å². The Kier molecular flexibility index (Phi) is 3.41. The molecule has 1 aromatic rings. The van der Waals surface area contributed by atoms with E-state index in [-0.39, 0.29) is 0 Å². The van der Waals surface area contributed by atoms with Crippen molar-refractivity contribution in [1.29, 1.82) is 0 Å². The Morgan fingerprint density at radius 2 is 2.17 bits per heavy atom. The van der Waals surface area contributed by atoms with Crippen molar-refractivity contribution < 1.29 is 4.79 Å². The molecule has 0 aliphatic rings. The second-order valence-corrected chi connectivity index (χ2v) is 2.72. The lowest BCUT2D eigenvalue weighted by Crippen LogP contribution is -2.19. The third-order valence-electron chi connectivity index (χ3n) is 1.59. The van der Waals surface area contributed by atoms with Crippen molar-refractivity contribution in [3.63, 3.8) is 0 Å². The molecule has 0 saturated heterocycles. The van der Waals surface area contributed by atoms with Gasteiger partial charge in [-0.1, -0.05) is 0 Å². The standard InChI is InChI=1S/C9H12N2O/c1-11(6-7-12)8-9-2-4-10-5-3-9/h2-5,7H,6,8H2,1H3. The van der Waals surface area contributed by atoms with Crippen LogP contribution >= 0.6 is 0 Å². The van der Waals surface area contributed by atoms with Gasteiger partial charge in [0.2, 0.25) is 0 Å². The Hall–Kier alpha value is -1.22. The minimum atomic E-state index is 0.475. The van der Waals surface area contributed by atoms with E-state index in [2.05, 4.69) is 4.98 Å². The van der Waals surface area contributed by atoms with E-state index in [0.29, 0.717) is 6.54 Å². The van der Waals surface area contributed by atoms with Crippen molar-refractivity contribution in [3.05, 3.63) is 30.1 Å². The van der Waals surface area contributed by atoms with Crippen LogP contribution in [0.3, 0.4) is 0 Å². The quantitative estimate of drug-likeness (QED) is 0.614. The summed E-state index contributed by atoms with van der Waals surface area (Å²) in [5.74, 6) is 0. The summed E-state index contributed by atoms with van der Waals surface area (Å²) < 4.78 is 0. The molecule has 64 valence electrons.